The predicted molar refractivity (Wildman–Crippen MR) is 297 cm³/mol. The van der Waals surface area contributed by atoms with Crippen LogP contribution in [0.2, 0.25) is 0 Å². The molecule has 0 bridgehead atoms. The van der Waals surface area contributed by atoms with Crippen LogP contribution in [0, 0.1) is 10.8 Å². The Kier molecular flexibility index (Phi) is 40.2. The molecule has 3 atom stereocenters. The van der Waals surface area contributed by atoms with Gasteiger partial charge in [0.15, 0.2) is 11.6 Å². The standard InChI is InChI=1S/C29H50N4O4.C20H32N2O4.C4H8O.C2H6.2CH4/c1-22(34)25(30-5)12-8-9-17-32(6)18-10-11-19-33(7)21-27(36)31-26(28(37)29(2,3)4)20-23-13-15-24(35)16-14-23;1-20(2,3)19(26)17(13-15-7-9-16(24)10-8-15)21-18(25)14-22(4)11-5-6-12-23;1-2-4-5-3-1;1-2;;/h13-16,25-26,30,35H,8-12,17-21H2,1-7H3,(H,31,36);7-10,17,23-24H,5-6,11-14H2,1-4H3,(H,21,25);1-4H2;1-2H3;2*1H4/t25?,26-;17-;;;;/m00..../s1. The van der Waals surface area contributed by atoms with Gasteiger partial charge in [-0.05, 0) is 161 Å². The number of carbonyl (C=O) groups excluding carboxylic acids is 5. The minimum atomic E-state index is -0.613. The van der Waals surface area contributed by atoms with Gasteiger partial charge in [-0.25, -0.2) is 0 Å². The zero-order valence-corrected chi connectivity index (χ0v) is 45.6. The van der Waals surface area contributed by atoms with Crippen LogP contribution in [0.25, 0.3) is 0 Å². The number of aromatic hydroxyl groups is 2. The van der Waals surface area contributed by atoms with E-state index in [1.807, 2.05) is 86.3 Å². The number of rotatable bonds is 28. The Morgan fingerprint density at radius 2 is 0.931 bits per heavy atom. The lowest BCUT2D eigenvalue weighted by Crippen LogP contribution is -2.49. The molecule has 72 heavy (non-hydrogen) atoms. The zero-order valence-electron chi connectivity index (χ0n) is 45.6. The fraction of sp³-hybridized carbons (Fsp3) is 0.702. The lowest BCUT2D eigenvalue weighted by atomic mass is 9.84. The number of ether oxygens (including phenoxy) is 1. The van der Waals surface area contributed by atoms with E-state index in [0.717, 1.165) is 82.5 Å². The van der Waals surface area contributed by atoms with E-state index in [-0.39, 0.29) is 81.3 Å². The second kappa shape index (κ2) is 40.2. The maximum Gasteiger partial charge on any atom is 0.234 e. The molecule has 3 rings (SSSR count). The number of hydrogen-bond donors (Lipinski definition) is 6. The highest BCUT2D eigenvalue weighted by molar-refractivity contribution is 5.93. The van der Waals surface area contributed by atoms with Gasteiger partial charge in [-0.3, -0.25) is 33.8 Å². The van der Waals surface area contributed by atoms with Gasteiger partial charge in [-0.2, -0.15) is 0 Å². The van der Waals surface area contributed by atoms with Crippen molar-refractivity contribution in [3.05, 3.63) is 59.7 Å². The summed E-state index contributed by atoms with van der Waals surface area (Å²) in [5, 5.41) is 36.6. The largest absolute Gasteiger partial charge is 0.508 e. The zero-order chi connectivity index (χ0) is 53.3. The molecule has 0 spiro atoms. The highest BCUT2D eigenvalue weighted by atomic mass is 16.5. The Hall–Kier alpha value is -4.25. The molecule has 1 saturated heterocycles. The van der Waals surface area contributed by atoms with E-state index >= 15 is 0 Å². The third kappa shape index (κ3) is 34.2. The first-order chi connectivity index (χ1) is 33.0. The molecule has 2 aromatic rings. The molecule has 2 aromatic carbocycles. The number of unbranched alkanes of at least 4 members (excludes halogenated alkanes) is 3. The van der Waals surface area contributed by atoms with E-state index in [1.165, 1.54) is 12.8 Å². The van der Waals surface area contributed by atoms with E-state index in [4.69, 9.17) is 9.84 Å². The van der Waals surface area contributed by atoms with Gasteiger partial charge in [0.1, 0.15) is 17.3 Å². The molecule has 416 valence electrons. The number of hydrogen-bond acceptors (Lipinski definition) is 13. The number of likely N-dealkylation sites (N-methyl/N-ethyl adjacent to an activating group) is 3. The third-order valence-corrected chi connectivity index (χ3v) is 11.6. The second-order valence-corrected chi connectivity index (χ2v) is 20.4. The molecule has 1 aliphatic heterocycles. The molecule has 0 aromatic heterocycles. The van der Waals surface area contributed by atoms with Gasteiger partial charge in [-0.15, -0.1) is 0 Å². The molecule has 15 heteroatoms. The number of Topliss-reactive ketones (excluding diaryl/α,β-unsaturated/α-hetero) is 3. The number of nitrogens with zero attached hydrogens (tertiary/aromatic N) is 3. The van der Waals surface area contributed by atoms with Crippen molar-refractivity contribution in [3.8, 4) is 11.5 Å². The molecule has 0 saturated carbocycles. The predicted octanol–water partition coefficient (Wildman–Crippen LogP) is 7.86. The maximum absolute atomic E-state index is 13.0. The fourth-order valence-corrected chi connectivity index (χ4v) is 7.49. The summed E-state index contributed by atoms with van der Waals surface area (Å²) in [4.78, 5) is 68.6. The molecule has 1 aliphatic rings. The average Bonchev–Trinajstić information content (AvgIpc) is 3.89. The van der Waals surface area contributed by atoms with Gasteiger partial charge in [0.2, 0.25) is 11.8 Å². The number of amides is 2. The Morgan fingerprint density at radius 1 is 0.583 bits per heavy atom. The Morgan fingerprint density at radius 3 is 1.24 bits per heavy atom. The van der Waals surface area contributed by atoms with Gasteiger partial charge in [0.05, 0.1) is 31.2 Å². The summed E-state index contributed by atoms with van der Waals surface area (Å²) in [5.74, 6) is 0.142. The number of phenols is 2. The number of aliphatic hydroxyl groups excluding tert-OH is 1. The summed E-state index contributed by atoms with van der Waals surface area (Å²) in [6.45, 7) is 22.8. The number of ketones is 3. The summed E-state index contributed by atoms with van der Waals surface area (Å²) in [7, 11) is 7.73. The first-order valence-electron chi connectivity index (χ1n) is 25.6. The van der Waals surface area contributed by atoms with Crippen molar-refractivity contribution in [3.63, 3.8) is 0 Å². The van der Waals surface area contributed by atoms with Crippen LogP contribution in [0.3, 0.4) is 0 Å². The molecule has 1 heterocycles. The van der Waals surface area contributed by atoms with E-state index in [1.54, 1.807) is 55.5 Å². The first-order valence-corrected chi connectivity index (χ1v) is 25.6. The van der Waals surface area contributed by atoms with Crippen LogP contribution in [0.15, 0.2) is 48.5 Å². The summed E-state index contributed by atoms with van der Waals surface area (Å²) >= 11 is 0. The summed E-state index contributed by atoms with van der Waals surface area (Å²) in [5.41, 5.74) is 0.623. The van der Waals surface area contributed by atoms with Crippen LogP contribution in [0.4, 0.5) is 0 Å². The van der Waals surface area contributed by atoms with Gasteiger partial charge >= 0.3 is 0 Å². The van der Waals surface area contributed by atoms with Crippen molar-refractivity contribution in [2.45, 2.75) is 166 Å². The molecule has 15 nitrogen and oxygen atoms in total. The minimum Gasteiger partial charge on any atom is -0.508 e. The number of benzene rings is 2. The average molecular weight is 1020 g/mol. The van der Waals surface area contributed by atoms with Crippen molar-refractivity contribution in [1.29, 1.82) is 0 Å². The van der Waals surface area contributed by atoms with Gasteiger partial charge in [0, 0.05) is 30.7 Å². The Balaban J connectivity index is -0.00000118. The van der Waals surface area contributed by atoms with Crippen molar-refractivity contribution >= 4 is 29.2 Å². The topological polar surface area (TPSA) is 201 Å². The van der Waals surface area contributed by atoms with Crippen LogP contribution in [-0.2, 0) is 41.6 Å². The van der Waals surface area contributed by atoms with Gasteiger partial charge in [0.25, 0.3) is 0 Å². The van der Waals surface area contributed by atoms with Gasteiger partial charge < -0.3 is 40.9 Å². The maximum atomic E-state index is 13.0. The Bertz CT molecular complexity index is 1730. The molecule has 2 amide bonds. The molecule has 0 radical (unpaired) electrons. The second-order valence-electron chi connectivity index (χ2n) is 20.4. The molecule has 1 fully saturated rings. The highest BCUT2D eigenvalue weighted by Crippen LogP contribution is 2.22. The third-order valence-electron chi connectivity index (χ3n) is 11.6. The van der Waals surface area contributed by atoms with Crippen molar-refractivity contribution in [2.75, 3.05) is 87.3 Å². The summed E-state index contributed by atoms with van der Waals surface area (Å²) in [6.07, 6.45) is 9.86. The first kappa shape index (κ1) is 72.0. The normalized spacial score (nSPS) is 13.3. The van der Waals surface area contributed by atoms with Crippen LogP contribution in [-0.4, -0.2) is 165 Å². The molecular weight excluding hydrogens is 913 g/mol. The van der Waals surface area contributed by atoms with Crippen LogP contribution in [0.1, 0.15) is 146 Å². The summed E-state index contributed by atoms with van der Waals surface area (Å²) in [6, 6.07) is 12.1. The molecule has 6 N–H and O–H groups in total. The number of phenolic OH excluding ortho intramolecular Hbond substituents is 2. The number of carbonyl (C=O) groups is 5. The lowest BCUT2D eigenvalue weighted by Gasteiger charge is -2.26. The minimum absolute atomic E-state index is 0. The highest BCUT2D eigenvalue weighted by Gasteiger charge is 2.32. The Labute approximate surface area is 437 Å². The fourth-order valence-electron chi connectivity index (χ4n) is 7.49. The van der Waals surface area contributed by atoms with Crippen LogP contribution < -0.4 is 16.0 Å². The van der Waals surface area contributed by atoms with Crippen LogP contribution in [0.5, 0.6) is 11.5 Å². The van der Waals surface area contributed by atoms with E-state index in [9.17, 15) is 34.2 Å². The van der Waals surface area contributed by atoms with Crippen molar-refractivity contribution < 1.29 is 44.0 Å². The monoisotopic (exact) mass is 1020 g/mol. The van der Waals surface area contributed by atoms with Crippen molar-refractivity contribution in [2.24, 2.45) is 10.8 Å². The molecule has 1 unspecified atom stereocenters. The van der Waals surface area contributed by atoms with E-state index in [0.29, 0.717) is 25.8 Å². The van der Waals surface area contributed by atoms with Crippen LogP contribution >= 0.6 is 0 Å². The quantitative estimate of drug-likeness (QED) is 0.0451. The lowest BCUT2D eigenvalue weighted by molar-refractivity contribution is -0.132. The summed E-state index contributed by atoms with van der Waals surface area (Å²) < 4.78 is 4.94. The SMILES string of the molecule is C.C.C1CCOC1.CC.CN(CCCCO)CC(=O)N[C@@H](Cc1ccc(O)cc1)C(=O)C(C)(C)C.CNC(CCCCN(C)CCCCN(C)CC(=O)N[C@@H](Cc1ccc(O)cc1)C(=O)C(C)(C)C)C(C)=O. The molecular formula is C57H104N6O9. The molecule has 0 aliphatic carbocycles. The number of aliphatic hydroxyl groups is 1. The number of nitrogens with one attached hydrogen (secondary N) is 3. The van der Waals surface area contributed by atoms with Gasteiger partial charge in [-0.1, -0.05) is 101 Å². The van der Waals surface area contributed by atoms with E-state index < -0.39 is 22.9 Å². The van der Waals surface area contributed by atoms with E-state index in [2.05, 4.69) is 27.9 Å². The smallest absolute Gasteiger partial charge is 0.234 e. The van der Waals surface area contributed by atoms with Crippen molar-refractivity contribution in [1.82, 2.24) is 30.7 Å².